The van der Waals surface area contributed by atoms with E-state index in [2.05, 4.69) is 10.0 Å². The van der Waals surface area contributed by atoms with Crippen LogP contribution in [0.3, 0.4) is 0 Å². The molecule has 0 aromatic heterocycles. The lowest BCUT2D eigenvalue weighted by Gasteiger charge is -2.45. The van der Waals surface area contributed by atoms with Crippen molar-refractivity contribution in [3.8, 4) is 0 Å². The highest BCUT2D eigenvalue weighted by Crippen LogP contribution is 2.50. The third-order valence-corrected chi connectivity index (χ3v) is 8.13. The number of azide groups is 1. The molecule has 2 aromatic rings. The summed E-state index contributed by atoms with van der Waals surface area (Å²) in [6, 6.07) is 18.1. The first-order chi connectivity index (χ1) is 18.9. The largest absolute Gasteiger partial charge is 0.463 e. The Morgan fingerprint density at radius 1 is 0.923 bits per heavy atom. The van der Waals surface area contributed by atoms with Gasteiger partial charge in [0, 0.05) is 11.8 Å². The van der Waals surface area contributed by atoms with Gasteiger partial charge in [0.2, 0.25) is 0 Å². The molecule has 5 atom stereocenters. The minimum absolute atomic E-state index is 0.146. The molecule has 0 unspecified atom stereocenters. The van der Waals surface area contributed by atoms with E-state index in [-0.39, 0.29) is 39.2 Å². The molecule has 0 saturated carbocycles. The summed E-state index contributed by atoms with van der Waals surface area (Å²) in [5.74, 6) is -0.495. The lowest BCUT2D eigenvalue weighted by Crippen LogP contribution is -2.60. The summed E-state index contributed by atoms with van der Waals surface area (Å²) < 4.78 is 48.7. The molecule has 39 heavy (non-hydrogen) atoms. The molecular weight excluding hydrogens is 525 g/mol. The van der Waals surface area contributed by atoms with E-state index in [9.17, 15) is 14.9 Å². The van der Waals surface area contributed by atoms with Crippen molar-refractivity contribution in [3.05, 3.63) is 82.2 Å². The summed E-state index contributed by atoms with van der Waals surface area (Å²) in [6.45, 7) is 5.28. The van der Waals surface area contributed by atoms with Gasteiger partial charge < -0.3 is 28.0 Å². The summed E-state index contributed by atoms with van der Waals surface area (Å²) in [5.41, 5.74) is 11.3. The maximum atomic E-state index is 13.5. The Labute approximate surface area is 228 Å². The van der Waals surface area contributed by atoms with Crippen molar-refractivity contribution in [3.63, 3.8) is 0 Å². The molecule has 12 heteroatoms. The highest BCUT2D eigenvalue weighted by atomic mass is 31.2. The molecule has 1 heterocycles. The number of carbonyl (C=O) groups excluding carboxylic acids is 1. The Kier molecular flexibility index (Phi) is 12.4. The van der Waals surface area contributed by atoms with Crippen LogP contribution in [-0.4, -0.2) is 62.4 Å². The lowest BCUT2D eigenvalue weighted by atomic mass is 9.93. The van der Waals surface area contributed by atoms with E-state index in [0.29, 0.717) is 0 Å². The van der Waals surface area contributed by atoms with Crippen LogP contribution in [0.1, 0.15) is 31.9 Å². The average molecular weight is 562 g/mol. The quantitative estimate of drug-likeness (QED) is 0.0922. The molecule has 1 fully saturated rings. The van der Waals surface area contributed by atoms with E-state index >= 15 is 0 Å². The molecule has 2 aromatic carbocycles. The number of hydrogen-bond donors (Lipinski definition) is 0. The van der Waals surface area contributed by atoms with Crippen molar-refractivity contribution >= 4 is 13.6 Å². The first-order valence-corrected chi connectivity index (χ1v) is 14.6. The molecule has 1 saturated heterocycles. The van der Waals surface area contributed by atoms with Gasteiger partial charge in [-0.3, -0.25) is 9.36 Å². The fourth-order valence-corrected chi connectivity index (χ4v) is 6.18. The highest BCUT2D eigenvalue weighted by molar-refractivity contribution is 7.53. The minimum atomic E-state index is -3.61. The number of carbonyl (C=O) groups is 1. The second-order valence-corrected chi connectivity index (χ2v) is 11.0. The highest BCUT2D eigenvalue weighted by Gasteiger charge is 2.50. The normalized spacial score (nSPS) is 23.1. The second kappa shape index (κ2) is 15.7. The third-order valence-electron chi connectivity index (χ3n) is 6.02. The number of benzene rings is 2. The zero-order valence-electron chi connectivity index (χ0n) is 22.5. The molecule has 1 aliphatic rings. The van der Waals surface area contributed by atoms with E-state index in [1.165, 1.54) is 6.92 Å². The fourth-order valence-electron chi connectivity index (χ4n) is 4.37. The van der Waals surface area contributed by atoms with Gasteiger partial charge in [0.05, 0.1) is 50.8 Å². The molecule has 0 aliphatic carbocycles. The molecule has 1 aliphatic heterocycles. The first kappa shape index (κ1) is 30.8. The number of hydrogen-bond acceptors (Lipinski definition) is 9. The lowest BCUT2D eigenvalue weighted by molar-refractivity contribution is -0.223. The van der Waals surface area contributed by atoms with Crippen LogP contribution in [0.2, 0.25) is 0 Å². The monoisotopic (exact) mass is 561 g/mol. The number of nitrogens with zero attached hydrogens (tertiary/aromatic N) is 3. The average Bonchev–Trinajstić information content (AvgIpc) is 2.92. The van der Waals surface area contributed by atoms with Gasteiger partial charge in [0.1, 0.15) is 18.8 Å². The number of esters is 1. The summed E-state index contributed by atoms with van der Waals surface area (Å²) in [6.07, 6.45) is -3.56. The van der Waals surface area contributed by atoms with Crippen LogP contribution < -0.4 is 0 Å². The maximum Gasteiger partial charge on any atom is 0.333 e. The summed E-state index contributed by atoms with van der Waals surface area (Å²) in [7, 11) is -3.61. The molecule has 11 nitrogen and oxygen atoms in total. The number of rotatable bonds is 15. The molecule has 0 amide bonds. The van der Waals surface area contributed by atoms with Crippen LogP contribution >= 0.6 is 7.60 Å². The molecule has 0 radical (unpaired) electrons. The third kappa shape index (κ3) is 9.44. The van der Waals surface area contributed by atoms with Crippen LogP contribution in [0.25, 0.3) is 10.4 Å². The smallest absolute Gasteiger partial charge is 0.333 e. The Morgan fingerprint density at radius 2 is 1.46 bits per heavy atom. The van der Waals surface area contributed by atoms with Gasteiger partial charge in [-0.2, -0.15) is 0 Å². The van der Waals surface area contributed by atoms with Crippen LogP contribution in [0, 0.1) is 0 Å². The zero-order valence-corrected chi connectivity index (χ0v) is 23.4. The van der Waals surface area contributed by atoms with Crippen LogP contribution in [0.4, 0.5) is 0 Å². The van der Waals surface area contributed by atoms with Gasteiger partial charge >= 0.3 is 13.6 Å². The Morgan fingerprint density at radius 3 is 1.95 bits per heavy atom. The van der Waals surface area contributed by atoms with Crippen molar-refractivity contribution in [2.75, 3.05) is 26.0 Å². The van der Waals surface area contributed by atoms with Crippen molar-refractivity contribution in [2.24, 2.45) is 5.11 Å². The van der Waals surface area contributed by atoms with Gasteiger partial charge in [-0.25, -0.2) is 0 Å². The first-order valence-electron chi connectivity index (χ1n) is 12.9. The second-order valence-electron chi connectivity index (χ2n) is 8.86. The molecule has 0 N–H and O–H groups in total. The van der Waals surface area contributed by atoms with Crippen LogP contribution in [-0.2, 0) is 50.6 Å². The standard InChI is InChI=1S/C27H36N3O8P/c1-4-36-39(32,37-5-2)19-24-25(29-30-28)27(35-17-22-14-10-7-11-15-22)26(23(38-24)18-33-20(3)31)34-16-21-12-8-6-9-13-21/h6-15,23-27H,4-5,16-19H2,1-3H3/t23-,24-,25-,26-,27-/m1/s1. The molecular formula is C27H36N3O8P. The molecule has 3 rings (SSSR count). The molecule has 0 spiro atoms. The van der Waals surface area contributed by atoms with Gasteiger partial charge in [-0.15, -0.1) is 0 Å². The summed E-state index contributed by atoms with van der Waals surface area (Å²) in [4.78, 5) is 14.8. The predicted molar refractivity (Wildman–Crippen MR) is 144 cm³/mol. The summed E-state index contributed by atoms with van der Waals surface area (Å²) in [5, 5.41) is 4.01. The van der Waals surface area contributed by atoms with Crippen molar-refractivity contribution in [1.82, 2.24) is 0 Å². The SMILES string of the molecule is CCOP(=O)(C[C@H]1O[C@H](COC(C)=O)[C@@H](OCc2ccccc2)[C@H](OCc2ccccc2)[C@@H]1N=[N+]=[N-])OCC. The van der Waals surface area contributed by atoms with Crippen molar-refractivity contribution < 1.29 is 37.4 Å². The van der Waals surface area contributed by atoms with E-state index in [0.717, 1.165) is 11.1 Å². The van der Waals surface area contributed by atoms with Crippen LogP contribution in [0.15, 0.2) is 65.8 Å². The Balaban J connectivity index is 1.97. The maximum absolute atomic E-state index is 13.5. The van der Waals surface area contributed by atoms with E-state index in [1.54, 1.807) is 13.8 Å². The number of ether oxygens (including phenoxy) is 4. The van der Waals surface area contributed by atoms with E-state index < -0.39 is 44.0 Å². The van der Waals surface area contributed by atoms with Gasteiger partial charge in [0.15, 0.2) is 0 Å². The van der Waals surface area contributed by atoms with Crippen molar-refractivity contribution in [2.45, 2.75) is 64.4 Å². The molecule has 212 valence electrons. The van der Waals surface area contributed by atoms with Gasteiger partial charge in [0.25, 0.3) is 0 Å². The minimum Gasteiger partial charge on any atom is -0.463 e. The molecule has 0 bridgehead atoms. The van der Waals surface area contributed by atoms with Gasteiger partial charge in [-0.05, 0) is 30.5 Å². The van der Waals surface area contributed by atoms with Crippen molar-refractivity contribution in [1.29, 1.82) is 0 Å². The van der Waals surface area contributed by atoms with E-state index in [4.69, 9.17) is 28.0 Å². The summed E-state index contributed by atoms with van der Waals surface area (Å²) >= 11 is 0. The topological polar surface area (TPSA) is 138 Å². The zero-order chi connectivity index (χ0) is 28.1. The predicted octanol–water partition coefficient (Wildman–Crippen LogP) is 5.43. The fraction of sp³-hybridized carbons (Fsp3) is 0.519. The van der Waals surface area contributed by atoms with E-state index in [1.807, 2.05) is 60.7 Å². The van der Waals surface area contributed by atoms with Crippen LogP contribution in [0.5, 0.6) is 0 Å². The Bertz CT molecular complexity index is 1110. The van der Waals surface area contributed by atoms with Gasteiger partial charge in [-0.1, -0.05) is 65.8 Å². The Hall–Kier alpha value is -2.75.